The number of amides is 1. The number of hydrogen-bond acceptors (Lipinski definition) is 8. The highest BCUT2D eigenvalue weighted by Crippen LogP contribution is 2.25. The molecule has 0 atom stereocenters. The normalized spacial score (nSPS) is 17.5. The second-order valence-corrected chi connectivity index (χ2v) is 9.36. The van der Waals surface area contributed by atoms with E-state index in [0.29, 0.717) is 13.1 Å². The van der Waals surface area contributed by atoms with Crippen LogP contribution in [0.2, 0.25) is 0 Å². The zero-order valence-corrected chi connectivity index (χ0v) is 19.5. The van der Waals surface area contributed by atoms with Crippen LogP contribution in [0.15, 0.2) is 18.3 Å². The smallest absolute Gasteiger partial charge is 0.298 e. The number of morpholine rings is 1. The Labute approximate surface area is 193 Å². The summed E-state index contributed by atoms with van der Waals surface area (Å²) in [5.74, 6) is 6.89. The average molecular weight is 455 g/mol. The van der Waals surface area contributed by atoms with E-state index in [1.54, 1.807) is 18.3 Å². The first-order chi connectivity index (χ1) is 15.6. The molecule has 0 aliphatic carbocycles. The zero-order chi connectivity index (χ0) is 22.3. The second-order valence-electron chi connectivity index (χ2n) is 8.12. The summed E-state index contributed by atoms with van der Waals surface area (Å²) < 4.78 is 5.49. The fraction of sp³-hybridized carbons (Fsp3) is 0.522. The lowest BCUT2D eigenvalue weighted by Gasteiger charge is -2.31. The third kappa shape index (κ3) is 6.19. The average Bonchev–Trinajstić information content (AvgIpc) is 3.19. The number of anilines is 3. The van der Waals surface area contributed by atoms with Gasteiger partial charge in [-0.25, -0.2) is 9.97 Å². The van der Waals surface area contributed by atoms with E-state index < -0.39 is 0 Å². The molecule has 0 radical (unpaired) electrons. The van der Waals surface area contributed by atoms with Gasteiger partial charge in [0, 0.05) is 49.8 Å². The number of pyridine rings is 1. The molecule has 2 aliphatic heterocycles. The van der Waals surface area contributed by atoms with Gasteiger partial charge in [-0.05, 0) is 50.3 Å². The number of piperidine rings is 1. The van der Waals surface area contributed by atoms with Crippen molar-refractivity contribution in [1.29, 1.82) is 0 Å². The van der Waals surface area contributed by atoms with Crippen LogP contribution in [0.25, 0.3) is 0 Å². The predicted molar refractivity (Wildman–Crippen MR) is 127 cm³/mol. The molecule has 0 saturated carbocycles. The molecule has 9 heteroatoms. The van der Waals surface area contributed by atoms with E-state index in [9.17, 15) is 4.79 Å². The second kappa shape index (κ2) is 10.8. The number of carbonyl (C=O) groups is 1. The topological polar surface area (TPSA) is 82.6 Å². The number of aromatic nitrogens is 2. The zero-order valence-electron chi connectivity index (χ0n) is 18.7. The van der Waals surface area contributed by atoms with Crippen molar-refractivity contribution in [2.24, 2.45) is 0 Å². The van der Waals surface area contributed by atoms with E-state index in [1.165, 1.54) is 5.56 Å². The van der Waals surface area contributed by atoms with Gasteiger partial charge in [0.25, 0.3) is 5.91 Å². The van der Waals surface area contributed by atoms with Crippen LogP contribution in [-0.2, 0) is 16.1 Å². The van der Waals surface area contributed by atoms with Crippen LogP contribution in [0.5, 0.6) is 0 Å². The molecule has 2 fully saturated rings. The number of aryl methyl sites for hydroxylation is 1. The Morgan fingerprint density at radius 2 is 1.97 bits per heavy atom. The Bertz CT molecular complexity index is 984. The van der Waals surface area contributed by atoms with Gasteiger partial charge in [-0.15, -0.1) is 11.3 Å². The van der Waals surface area contributed by atoms with E-state index >= 15 is 0 Å². The molecule has 170 valence electrons. The summed E-state index contributed by atoms with van der Waals surface area (Å²) in [5, 5.41) is 7.80. The SMILES string of the molecule is CC#CC(=O)N1CCC(Nc2cc(CN3CCOCC3)cc(Nc3ncc(C)s3)n2)CC1. The number of hydrogen-bond donors (Lipinski definition) is 2. The quantitative estimate of drug-likeness (QED) is 0.650. The highest BCUT2D eigenvalue weighted by Gasteiger charge is 2.22. The summed E-state index contributed by atoms with van der Waals surface area (Å²) in [4.78, 5) is 26.6. The number of nitrogens with one attached hydrogen (secondary N) is 2. The van der Waals surface area contributed by atoms with Gasteiger partial charge in [-0.1, -0.05) is 5.92 Å². The highest BCUT2D eigenvalue weighted by atomic mass is 32.1. The number of rotatable bonds is 6. The largest absolute Gasteiger partial charge is 0.379 e. The number of carbonyl (C=O) groups excluding carboxylic acids is 1. The monoisotopic (exact) mass is 454 g/mol. The van der Waals surface area contributed by atoms with Crippen LogP contribution in [0, 0.1) is 18.8 Å². The first-order valence-electron chi connectivity index (χ1n) is 11.1. The Morgan fingerprint density at radius 3 is 2.66 bits per heavy atom. The lowest BCUT2D eigenvalue weighted by Crippen LogP contribution is -2.42. The number of likely N-dealkylation sites (tertiary alicyclic amines) is 1. The van der Waals surface area contributed by atoms with Gasteiger partial charge in [0.05, 0.1) is 13.2 Å². The van der Waals surface area contributed by atoms with E-state index in [-0.39, 0.29) is 11.9 Å². The molecule has 1 amide bonds. The lowest BCUT2D eigenvalue weighted by molar-refractivity contribution is -0.126. The fourth-order valence-electron chi connectivity index (χ4n) is 3.98. The molecule has 4 rings (SSSR count). The summed E-state index contributed by atoms with van der Waals surface area (Å²) in [6.45, 7) is 9.44. The van der Waals surface area contributed by atoms with E-state index in [1.807, 2.05) is 18.0 Å². The van der Waals surface area contributed by atoms with E-state index in [2.05, 4.69) is 44.5 Å². The Morgan fingerprint density at radius 1 is 1.22 bits per heavy atom. The molecule has 2 N–H and O–H groups in total. The first kappa shape index (κ1) is 22.5. The van der Waals surface area contributed by atoms with Crippen molar-refractivity contribution in [2.45, 2.75) is 39.3 Å². The molecule has 8 nitrogen and oxygen atoms in total. The maximum Gasteiger partial charge on any atom is 0.298 e. The summed E-state index contributed by atoms with van der Waals surface area (Å²) in [7, 11) is 0. The summed E-state index contributed by atoms with van der Waals surface area (Å²) >= 11 is 1.61. The first-order valence-corrected chi connectivity index (χ1v) is 11.9. The predicted octanol–water partition coefficient (Wildman–Crippen LogP) is 2.85. The molecule has 0 unspecified atom stereocenters. The third-order valence-electron chi connectivity index (χ3n) is 5.62. The maximum absolute atomic E-state index is 12.0. The van der Waals surface area contributed by atoms with Gasteiger partial charge in [-0.2, -0.15) is 0 Å². The maximum atomic E-state index is 12.0. The molecule has 4 heterocycles. The highest BCUT2D eigenvalue weighted by molar-refractivity contribution is 7.15. The van der Waals surface area contributed by atoms with Crippen molar-refractivity contribution in [3.63, 3.8) is 0 Å². The molecule has 0 aromatic carbocycles. The Kier molecular flexibility index (Phi) is 7.58. The van der Waals surface area contributed by atoms with Crippen LogP contribution in [-0.4, -0.2) is 71.1 Å². The van der Waals surface area contributed by atoms with Crippen molar-refractivity contribution in [3.05, 3.63) is 28.8 Å². The van der Waals surface area contributed by atoms with Crippen LogP contribution in [0.1, 0.15) is 30.2 Å². The number of thiazole rings is 1. The molecule has 2 aromatic rings. The van der Waals surface area contributed by atoms with Gasteiger partial charge in [-0.3, -0.25) is 9.69 Å². The molecule has 2 aromatic heterocycles. The minimum atomic E-state index is -0.0817. The number of nitrogens with zero attached hydrogens (tertiary/aromatic N) is 4. The van der Waals surface area contributed by atoms with Crippen LogP contribution in [0.3, 0.4) is 0 Å². The molecular weight excluding hydrogens is 424 g/mol. The van der Waals surface area contributed by atoms with Gasteiger partial charge < -0.3 is 20.3 Å². The van der Waals surface area contributed by atoms with E-state index in [4.69, 9.17) is 9.72 Å². The minimum Gasteiger partial charge on any atom is -0.379 e. The van der Waals surface area contributed by atoms with Crippen molar-refractivity contribution in [3.8, 4) is 11.8 Å². The van der Waals surface area contributed by atoms with Crippen molar-refractivity contribution in [1.82, 2.24) is 19.8 Å². The lowest BCUT2D eigenvalue weighted by atomic mass is 10.0. The molecule has 2 aliphatic rings. The fourth-order valence-corrected chi connectivity index (χ4v) is 4.65. The third-order valence-corrected chi connectivity index (χ3v) is 6.45. The van der Waals surface area contributed by atoms with Gasteiger partial charge in [0.1, 0.15) is 11.6 Å². The Hall–Kier alpha value is -2.67. The molecule has 0 spiro atoms. The summed E-state index contributed by atoms with van der Waals surface area (Å²) in [5.41, 5.74) is 1.20. The summed E-state index contributed by atoms with van der Waals surface area (Å²) in [6, 6.07) is 4.50. The van der Waals surface area contributed by atoms with Gasteiger partial charge in [0.2, 0.25) is 0 Å². The van der Waals surface area contributed by atoms with Gasteiger partial charge >= 0.3 is 0 Å². The van der Waals surface area contributed by atoms with Crippen LogP contribution >= 0.6 is 11.3 Å². The molecule has 2 saturated heterocycles. The minimum absolute atomic E-state index is 0.0817. The van der Waals surface area contributed by atoms with Crippen LogP contribution < -0.4 is 10.6 Å². The van der Waals surface area contributed by atoms with Crippen LogP contribution in [0.4, 0.5) is 16.8 Å². The molecular formula is C23H30N6O2S. The van der Waals surface area contributed by atoms with Crippen molar-refractivity contribution in [2.75, 3.05) is 50.0 Å². The molecule has 32 heavy (non-hydrogen) atoms. The molecule has 0 bridgehead atoms. The Balaban J connectivity index is 1.45. The number of ether oxygens (including phenoxy) is 1. The van der Waals surface area contributed by atoms with Gasteiger partial charge in [0.15, 0.2) is 5.13 Å². The van der Waals surface area contributed by atoms with Crippen molar-refractivity contribution < 1.29 is 9.53 Å². The standard InChI is InChI=1S/C23H30N6O2S/c1-3-4-22(30)29-7-5-19(6-8-29)25-20-13-18(16-28-9-11-31-12-10-28)14-21(26-20)27-23-24-15-17(2)32-23/h13-15,19H,5-12,16H2,1-2H3,(H2,24,25,26,27). The van der Waals surface area contributed by atoms with E-state index in [0.717, 1.165) is 67.3 Å². The summed E-state index contributed by atoms with van der Waals surface area (Å²) in [6.07, 6.45) is 3.61. The van der Waals surface area contributed by atoms with Crippen molar-refractivity contribution >= 4 is 34.0 Å².